The smallest absolute Gasteiger partial charge is 0.316 e. The maximum atomic E-state index is 12.8. The molecule has 0 bridgehead atoms. The van der Waals surface area contributed by atoms with Gasteiger partial charge in [0.2, 0.25) is 5.91 Å². The lowest BCUT2D eigenvalue weighted by atomic mass is 10.0. The van der Waals surface area contributed by atoms with Crippen LogP contribution in [0.5, 0.6) is 0 Å². The molecule has 1 saturated heterocycles. The maximum absolute atomic E-state index is 12.8. The first-order valence-electron chi connectivity index (χ1n) is 8.51. The Morgan fingerprint density at radius 1 is 1.38 bits per heavy atom. The second kappa shape index (κ2) is 8.18. The van der Waals surface area contributed by atoms with E-state index in [9.17, 15) is 18.0 Å². The molecule has 2 aromatic rings. The van der Waals surface area contributed by atoms with Crippen LogP contribution in [0.3, 0.4) is 0 Å². The average molecular weight is 383 g/mol. The van der Waals surface area contributed by atoms with Gasteiger partial charge in [0.1, 0.15) is 0 Å². The van der Waals surface area contributed by atoms with E-state index in [1.807, 2.05) is 0 Å². The summed E-state index contributed by atoms with van der Waals surface area (Å²) in [4.78, 5) is 17.0. The monoisotopic (exact) mass is 383 g/mol. The number of amides is 1. The number of alkyl halides is 3. The molecule has 8 heteroatoms. The van der Waals surface area contributed by atoms with Crippen molar-refractivity contribution >= 4 is 22.4 Å². The molecule has 0 aliphatic carbocycles. The minimum Gasteiger partial charge on any atom is -0.316 e. The highest BCUT2D eigenvalue weighted by molar-refractivity contribution is 7.15. The van der Waals surface area contributed by atoms with Crippen LogP contribution in [0, 0.1) is 5.92 Å². The van der Waals surface area contributed by atoms with Gasteiger partial charge in [-0.25, -0.2) is 4.98 Å². The number of rotatable bonds is 6. The third kappa shape index (κ3) is 5.28. The molecule has 1 aromatic heterocycles. The lowest BCUT2D eigenvalue weighted by molar-refractivity contribution is -0.137. The van der Waals surface area contributed by atoms with Crippen molar-refractivity contribution in [3.05, 3.63) is 46.5 Å². The Labute approximate surface area is 153 Å². The fourth-order valence-electron chi connectivity index (χ4n) is 2.98. The normalized spacial score (nSPS) is 17.4. The van der Waals surface area contributed by atoms with Crippen LogP contribution in [0.15, 0.2) is 30.5 Å². The summed E-state index contributed by atoms with van der Waals surface area (Å²) >= 11 is 1.29. The van der Waals surface area contributed by atoms with Crippen LogP contribution in [0.1, 0.15) is 35.3 Å². The van der Waals surface area contributed by atoms with Crippen LogP contribution < -0.4 is 10.6 Å². The van der Waals surface area contributed by atoms with Crippen LogP contribution in [-0.4, -0.2) is 24.0 Å². The van der Waals surface area contributed by atoms with E-state index in [4.69, 9.17) is 0 Å². The van der Waals surface area contributed by atoms with Gasteiger partial charge in [0.15, 0.2) is 5.13 Å². The van der Waals surface area contributed by atoms with E-state index in [0.717, 1.165) is 42.9 Å². The molecule has 0 radical (unpaired) electrons. The quantitative estimate of drug-likeness (QED) is 0.790. The fraction of sp³-hybridized carbons (Fsp3) is 0.444. The van der Waals surface area contributed by atoms with Crippen molar-refractivity contribution in [1.29, 1.82) is 0 Å². The van der Waals surface area contributed by atoms with Gasteiger partial charge >= 0.3 is 6.18 Å². The van der Waals surface area contributed by atoms with Gasteiger partial charge in [-0.2, -0.15) is 13.2 Å². The van der Waals surface area contributed by atoms with Gasteiger partial charge in [-0.15, -0.1) is 11.3 Å². The Balaban J connectivity index is 1.53. The molecule has 0 spiro atoms. The molecular formula is C18H20F3N3OS. The SMILES string of the molecule is O=C(CCC1CCNC1)Nc1ncc(Cc2cccc(C(F)(F)F)c2)s1. The summed E-state index contributed by atoms with van der Waals surface area (Å²) in [6.45, 7) is 1.98. The summed E-state index contributed by atoms with van der Waals surface area (Å²) < 4.78 is 38.3. The molecule has 0 saturated carbocycles. The van der Waals surface area contributed by atoms with Gasteiger partial charge in [0, 0.05) is 23.9 Å². The third-order valence-electron chi connectivity index (χ3n) is 4.37. The molecule has 1 atom stereocenters. The number of carbonyl (C=O) groups is 1. The molecule has 1 aromatic carbocycles. The molecule has 1 fully saturated rings. The first-order valence-corrected chi connectivity index (χ1v) is 9.33. The zero-order valence-corrected chi connectivity index (χ0v) is 14.9. The highest BCUT2D eigenvalue weighted by atomic mass is 32.1. The first kappa shape index (κ1) is 18.8. The van der Waals surface area contributed by atoms with Crippen molar-refractivity contribution in [1.82, 2.24) is 10.3 Å². The fourth-order valence-corrected chi connectivity index (χ4v) is 3.85. The number of halogens is 3. The largest absolute Gasteiger partial charge is 0.416 e. The van der Waals surface area contributed by atoms with E-state index in [1.165, 1.54) is 17.4 Å². The van der Waals surface area contributed by atoms with E-state index in [1.54, 1.807) is 12.3 Å². The van der Waals surface area contributed by atoms with Crippen LogP contribution >= 0.6 is 11.3 Å². The van der Waals surface area contributed by atoms with Crippen LogP contribution in [0.4, 0.5) is 18.3 Å². The molecule has 4 nitrogen and oxygen atoms in total. The number of hydrogen-bond donors (Lipinski definition) is 2. The zero-order chi connectivity index (χ0) is 18.6. The molecular weight excluding hydrogens is 363 g/mol. The number of carbonyl (C=O) groups excluding carboxylic acids is 1. The lowest BCUT2D eigenvalue weighted by Crippen LogP contribution is -2.14. The summed E-state index contributed by atoms with van der Waals surface area (Å²) in [5.74, 6) is 0.477. The zero-order valence-electron chi connectivity index (χ0n) is 14.1. The van der Waals surface area contributed by atoms with Crippen LogP contribution in [-0.2, 0) is 17.4 Å². The average Bonchev–Trinajstić information content (AvgIpc) is 3.24. The molecule has 3 rings (SSSR count). The second-order valence-corrected chi connectivity index (χ2v) is 7.57. The standard InChI is InChI=1S/C18H20F3N3OS/c19-18(20,21)14-3-1-2-13(8-14)9-15-11-23-17(26-15)24-16(25)5-4-12-6-7-22-10-12/h1-3,8,11-12,22H,4-7,9-10H2,(H,23,24,25). The molecule has 1 amide bonds. The predicted octanol–water partition coefficient (Wildman–Crippen LogP) is 4.08. The second-order valence-electron chi connectivity index (χ2n) is 6.45. The third-order valence-corrected chi connectivity index (χ3v) is 5.29. The number of nitrogens with zero attached hydrogens (tertiary/aromatic N) is 1. The highest BCUT2D eigenvalue weighted by Gasteiger charge is 2.30. The maximum Gasteiger partial charge on any atom is 0.416 e. The van der Waals surface area contributed by atoms with Gasteiger partial charge in [0.05, 0.1) is 5.56 Å². The van der Waals surface area contributed by atoms with Crippen molar-refractivity contribution in [3.63, 3.8) is 0 Å². The molecule has 140 valence electrons. The lowest BCUT2D eigenvalue weighted by Gasteiger charge is -2.08. The van der Waals surface area contributed by atoms with Gasteiger partial charge in [-0.1, -0.05) is 18.2 Å². The van der Waals surface area contributed by atoms with Crippen LogP contribution in [0.2, 0.25) is 0 Å². The van der Waals surface area contributed by atoms with E-state index < -0.39 is 11.7 Å². The molecule has 1 unspecified atom stereocenters. The van der Waals surface area contributed by atoms with Gasteiger partial charge in [-0.3, -0.25) is 4.79 Å². The number of nitrogens with one attached hydrogen (secondary N) is 2. The summed E-state index contributed by atoms with van der Waals surface area (Å²) in [6.07, 6.45) is 0.00612. The minimum absolute atomic E-state index is 0.0723. The molecule has 2 heterocycles. The van der Waals surface area contributed by atoms with Crippen LogP contribution in [0.25, 0.3) is 0 Å². The first-order chi connectivity index (χ1) is 12.4. The van der Waals surface area contributed by atoms with Crippen molar-refractivity contribution in [3.8, 4) is 0 Å². The molecule has 26 heavy (non-hydrogen) atoms. The van der Waals surface area contributed by atoms with Crippen molar-refractivity contribution in [2.75, 3.05) is 18.4 Å². The van der Waals surface area contributed by atoms with Crippen molar-refractivity contribution in [2.45, 2.75) is 31.9 Å². The Morgan fingerprint density at radius 2 is 2.23 bits per heavy atom. The highest BCUT2D eigenvalue weighted by Crippen LogP contribution is 2.30. The Hall–Kier alpha value is -1.93. The van der Waals surface area contributed by atoms with E-state index in [2.05, 4.69) is 15.6 Å². The summed E-state index contributed by atoms with van der Waals surface area (Å²) in [5, 5.41) is 6.54. The Morgan fingerprint density at radius 3 is 2.96 bits per heavy atom. The predicted molar refractivity (Wildman–Crippen MR) is 95.2 cm³/mol. The summed E-state index contributed by atoms with van der Waals surface area (Å²) in [6, 6.07) is 5.26. The van der Waals surface area contributed by atoms with Crippen molar-refractivity contribution < 1.29 is 18.0 Å². The summed E-state index contributed by atoms with van der Waals surface area (Å²) in [5.41, 5.74) is -0.0930. The Kier molecular flexibility index (Phi) is 5.93. The van der Waals surface area contributed by atoms with E-state index in [-0.39, 0.29) is 5.91 Å². The Bertz CT molecular complexity index is 754. The van der Waals surface area contributed by atoms with Gasteiger partial charge < -0.3 is 10.6 Å². The van der Waals surface area contributed by atoms with E-state index >= 15 is 0 Å². The number of anilines is 1. The van der Waals surface area contributed by atoms with Crippen molar-refractivity contribution in [2.24, 2.45) is 5.92 Å². The number of benzene rings is 1. The molecule has 1 aliphatic rings. The minimum atomic E-state index is -4.35. The molecule has 1 aliphatic heterocycles. The number of hydrogen-bond acceptors (Lipinski definition) is 4. The number of thiazole rings is 1. The molecule has 2 N–H and O–H groups in total. The van der Waals surface area contributed by atoms with Gasteiger partial charge in [-0.05, 0) is 43.5 Å². The van der Waals surface area contributed by atoms with E-state index in [0.29, 0.717) is 29.5 Å². The van der Waals surface area contributed by atoms with Gasteiger partial charge in [0.25, 0.3) is 0 Å². The number of aromatic nitrogens is 1. The summed E-state index contributed by atoms with van der Waals surface area (Å²) in [7, 11) is 0. The topological polar surface area (TPSA) is 54.0 Å².